The van der Waals surface area contributed by atoms with E-state index >= 15 is 0 Å². The minimum Gasteiger partial charge on any atom is -0.350 e. The highest BCUT2D eigenvalue weighted by atomic mass is 35.5. The van der Waals surface area contributed by atoms with Crippen molar-refractivity contribution in [2.24, 2.45) is 11.7 Å². The highest BCUT2D eigenvalue weighted by molar-refractivity contribution is 5.95. The molecule has 24 heavy (non-hydrogen) atoms. The van der Waals surface area contributed by atoms with Crippen LogP contribution in [0.5, 0.6) is 0 Å². The summed E-state index contributed by atoms with van der Waals surface area (Å²) >= 11 is 0. The van der Waals surface area contributed by atoms with Gasteiger partial charge in [0.25, 0.3) is 5.91 Å². The van der Waals surface area contributed by atoms with Gasteiger partial charge in [-0.05, 0) is 43.7 Å². The maximum Gasteiger partial charge on any atom is 0.254 e. The molecule has 6 heteroatoms. The Bertz CT molecular complexity index is 707. The van der Waals surface area contributed by atoms with Gasteiger partial charge in [0.15, 0.2) is 0 Å². The van der Waals surface area contributed by atoms with Gasteiger partial charge in [0, 0.05) is 18.5 Å². The fraction of sp³-hybridized carbons (Fsp3) is 0.444. The average Bonchev–Trinajstić information content (AvgIpc) is 3.50. The van der Waals surface area contributed by atoms with E-state index in [1.165, 1.54) is 12.8 Å². The summed E-state index contributed by atoms with van der Waals surface area (Å²) in [5.74, 6) is 0.978. The predicted octanol–water partition coefficient (Wildman–Crippen LogP) is 2.64. The molecule has 0 aliphatic heterocycles. The molecule has 128 valence electrons. The van der Waals surface area contributed by atoms with Crippen molar-refractivity contribution in [3.8, 4) is 5.69 Å². The molecule has 0 bridgehead atoms. The fourth-order valence-electron chi connectivity index (χ4n) is 3.05. The minimum absolute atomic E-state index is 0. The molecule has 4 rings (SSSR count). The average molecular weight is 347 g/mol. The standard InChI is InChI=1S/C18H22N4O.ClH/c19-16(12-6-7-12)11-20-18(23)15-10-21-22(17(15)13-8-9-13)14-4-2-1-3-5-14;/h1-5,10,12-13,16H,6-9,11,19H2,(H,20,23);1H. The van der Waals surface area contributed by atoms with Gasteiger partial charge >= 0.3 is 0 Å². The zero-order chi connectivity index (χ0) is 15.8. The molecule has 2 aliphatic carbocycles. The molecule has 1 amide bonds. The van der Waals surface area contributed by atoms with Crippen molar-refractivity contribution in [2.45, 2.75) is 37.6 Å². The maximum atomic E-state index is 12.6. The van der Waals surface area contributed by atoms with Crippen molar-refractivity contribution in [1.82, 2.24) is 15.1 Å². The molecule has 1 unspecified atom stereocenters. The van der Waals surface area contributed by atoms with Gasteiger partial charge in [-0.3, -0.25) is 4.79 Å². The number of hydrogen-bond donors (Lipinski definition) is 2. The zero-order valence-electron chi connectivity index (χ0n) is 13.5. The van der Waals surface area contributed by atoms with Crippen LogP contribution < -0.4 is 11.1 Å². The summed E-state index contributed by atoms with van der Waals surface area (Å²) in [7, 11) is 0. The molecule has 1 aromatic carbocycles. The van der Waals surface area contributed by atoms with Crippen LogP contribution in [-0.4, -0.2) is 28.3 Å². The van der Waals surface area contributed by atoms with Gasteiger partial charge in [-0.15, -0.1) is 12.4 Å². The molecule has 0 spiro atoms. The first-order valence-electron chi connectivity index (χ1n) is 8.41. The Morgan fingerprint density at radius 1 is 1.25 bits per heavy atom. The van der Waals surface area contributed by atoms with Crippen LogP contribution in [0.3, 0.4) is 0 Å². The van der Waals surface area contributed by atoms with Crippen LogP contribution in [0, 0.1) is 5.92 Å². The Hall–Kier alpha value is -1.85. The third kappa shape index (κ3) is 3.47. The third-order valence-electron chi connectivity index (χ3n) is 4.74. The van der Waals surface area contributed by atoms with Crippen LogP contribution in [0.1, 0.15) is 47.7 Å². The lowest BCUT2D eigenvalue weighted by molar-refractivity contribution is 0.0949. The first-order valence-corrected chi connectivity index (χ1v) is 8.41. The van der Waals surface area contributed by atoms with E-state index < -0.39 is 0 Å². The number of para-hydroxylation sites is 1. The minimum atomic E-state index is -0.0508. The van der Waals surface area contributed by atoms with Gasteiger partial charge in [0.1, 0.15) is 0 Å². The van der Waals surface area contributed by atoms with Gasteiger partial charge in [-0.2, -0.15) is 5.10 Å². The first kappa shape index (κ1) is 17.0. The summed E-state index contributed by atoms with van der Waals surface area (Å²) in [5.41, 5.74) is 8.81. The Morgan fingerprint density at radius 2 is 1.96 bits per heavy atom. The van der Waals surface area contributed by atoms with Crippen LogP contribution in [-0.2, 0) is 0 Å². The summed E-state index contributed by atoms with van der Waals surface area (Å²) in [6.07, 6.45) is 6.33. The van der Waals surface area contributed by atoms with Crippen molar-refractivity contribution in [1.29, 1.82) is 0 Å². The van der Waals surface area contributed by atoms with E-state index in [1.807, 2.05) is 35.0 Å². The van der Waals surface area contributed by atoms with Gasteiger partial charge in [-0.25, -0.2) is 4.68 Å². The number of carbonyl (C=O) groups is 1. The lowest BCUT2D eigenvalue weighted by Crippen LogP contribution is -2.38. The smallest absolute Gasteiger partial charge is 0.254 e. The second kappa shape index (κ2) is 6.95. The summed E-state index contributed by atoms with van der Waals surface area (Å²) in [6.45, 7) is 0.546. The summed E-state index contributed by atoms with van der Waals surface area (Å²) in [6, 6.07) is 10.1. The number of carbonyl (C=O) groups excluding carboxylic acids is 1. The number of nitrogens with one attached hydrogen (secondary N) is 1. The van der Waals surface area contributed by atoms with E-state index in [-0.39, 0.29) is 24.4 Å². The Labute approximate surface area is 148 Å². The molecule has 0 radical (unpaired) electrons. The Balaban J connectivity index is 0.00000169. The van der Waals surface area contributed by atoms with Gasteiger partial charge in [0.05, 0.1) is 23.1 Å². The normalized spacial score (nSPS) is 17.9. The molecule has 2 fully saturated rings. The molecular weight excluding hydrogens is 324 g/mol. The predicted molar refractivity (Wildman–Crippen MR) is 95.8 cm³/mol. The Morgan fingerprint density at radius 3 is 2.58 bits per heavy atom. The molecule has 2 aromatic rings. The Kier molecular flexibility index (Phi) is 4.92. The molecular formula is C18H23ClN4O. The number of nitrogens with two attached hydrogens (primary N) is 1. The topological polar surface area (TPSA) is 72.9 Å². The molecule has 1 aromatic heterocycles. The van der Waals surface area contributed by atoms with Gasteiger partial charge in [-0.1, -0.05) is 18.2 Å². The number of hydrogen-bond acceptors (Lipinski definition) is 3. The van der Waals surface area contributed by atoms with Crippen LogP contribution in [0.4, 0.5) is 0 Å². The van der Waals surface area contributed by atoms with E-state index in [4.69, 9.17) is 5.73 Å². The van der Waals surface area contributed by atoms with Gasteiger partial charge < -0.3 is 11.1 Å². The molecule has 1 heterocycles. The lowest BCUT2D eigenvalue weighted by Gasteiger charge is -2.12. The van der Waals surface area contributed by atoms with Gasteiger partial charge in [0.2, 0.25) is 0 Å². The molecule has 3 N–H and O–H groups in total. The monoisotopic (exact) mass is 346 g/mol. The van der Waals surface area contributed by atoms with Crippen molar-refractivity contribution in [3.63, 3.8) is 0 Å². The van der Waals surface area contributed by atoms with Crippen molar-refractivity contribution < 1.29 is 4.79 Å². The molecule has 5 nitrogen and oxygen atoms in total. The van der Waals surface area contributed by atoms with E-state index in [1.54, 1.807) is 6.20 Å². The highest BCUT2D eigenvalue weighted by Crippen LogP contribution is 2.42. The number of aromatic nitrogens is 2. The number of nitrogens with zero attached hydrogens (tertiary/aromatic N) is 2. The quantitative estimate of drug-likeness (QED) is 0.844. The van der Waals surface area contributed by atoms with Crippen LogP contribution >= 0.6 is 12.4 Å². The third-order valence-corrected chi connectivity index (χ3v) is 4.74. The zero-order valence-corrected chi connectivity index (χ0v) is 14.3. The van der Waals surface area contributed by atoms with Crippen LogP contribution in [0.2, 0.25) is 0 Å². The molecule has 0 saturated heterocycles. The number of halogens is 1. The van der Waals surface area contributed by atoms with E-state index in [9.17, 15) is 4.79 Å². The van der Waals surface area contributed by atoms with E-state index in [2.05, 4.69) is 10.4 Å². The van der Waals surface area contributed by atoms with E-state index in [0.29, 0.717) is 23.9 Å². The molecule has 2 saturated carbocycles. The van der Waals surface area contributed by atoms with Crippen molar-refractivity contribution >= 4 is 18.3 Å². The summed E-state index contributed by atoms with van der Waals surface area (Å²) < 4.78 is 1.91. The second-order valence-corrected chi connectivity index (χ2v) is 6.68. The maximum absolute atomic E-state index is 12.6. The number of benzene rings is 1. The molecule has 2 aliphatic rings. The highest BCUT2D eigenvalue weighted by Gasteiger charge is 2.33. The van der Waals surface area contributed by atoms with Crippen LogP contribution in [0.15, 0.2) is 36.5 Å². The largest absolute Gasteiger partial charge is 0.350 e. The number of rotatable bonds is 6. The van der Waals surface area contributed by atoms with E-state index in [0.717, 1.165) is 24.2 Å². The summed E-state index contributed by atoms with van der Waals surface area (Å²) in [4.78, 5) is 12.6. The first-order chi connectivity index (χ1) is 11.2. The fourth-order valence-corrected chi connectivity index (χ4v) is 3.05. The van der Waals surface area contributed by atoms with Crippen molar-refractivity contribution in [3.05, 3.63) is 47.8 Å². The second-order valence-electron chi connectivity index (χ2n) is 6.68. The molecule has 1 atom stereocenters. The van der Waals surface area contributed by atoms with Crippen LogP contribution in [0.25, 0.3) is 5.69 Å². The number of amides is 1. The SMILES string of the molecule is Cl.NC(CNC(=O)c1cnn(-c2ccccc2)c1C1CC1)C1CC1. The lowest BCUT2D eigenvalue weighted by atomic mass is 10.1. The van der Waals surface area contributed by atoms with Crippen molar-refractivity contribution in [2.75, 3.05) is 6.54 Å². The summed E-state index contributed by atoms with van der Waals surface area (Å²) in [5, 5.41) is 7.46.